The van der Waals surface area contributed by atoms with Crippen LogP contribution in [0.4, 0.5) is 0 Å². The van der Waals surface area contributed by atoms with E-state index in [1.807, 2.05) is 0 Å². The van der Waals surface area contributed by atoms with Crippen molar-refractivity contribution < 1.29 is 18.3 Å². The van der Waals surface area contributed by atoms with Gasteiger partial charge in [-0.15, -0.1) is 0 Å². The molecule has 2 aliphatic heterocycles. The molecule has 2 heterocycles. The van der Waals surface area contributed by atoms with Crippen molar-refractivity contribution in [3.8, 4) is 0 Å². The van der Waals surface area contributed by atoms with Gasteiger partial charge in [0.2, 0.25) is 10.0 Å². The molecule has 0 amide bonds. The Bertz CT molecular complexity index is 602. The highest BCUT2D eigenvalue weighted by Crippen LogP contribution is 2.29. The summed E-state index contributed by atoms with van der Waals surface area (Å²) < 4.78 is 32.4. The van der Waals surface area contributed by atoms with Gasteiger partial charge in [0.15, 0.2) is 0 Å². The number of hydrogen-bond donors (Lipinski definition) is 1. The number of aliphatic hydroxyl groups is 1. The lowest BCUT2D eigenvalue weighted by molar-refractivity contribution is 0.0266. The fourth-order valence-electron chi connectivity index (χ4n) is 3.36. The zero-order valence-electron chi connectivity index (χ0n) is 13.2. The quantitative estimate of drug-likeness (QED) is 0.832. The summed E-state index contributed by atoms with van der Waals surface area (Å²) in [7, 11) is -3.48. The maximum absolute atomic E-state index is 12.7. The topological polar surface area (TPSA) is 70.1 Å². The Morgan fingerprint density at radius 1 is 1.09 bits per heavy atom. The van der Waals surface area contributed by atoms with Gasteiger partial charge in [-0.2, -0.15) is 4.31 Å². The zero-order valence-corrected chi connectivity index (χ0v) is 14.0. The molecule has 2 saturated heterocycles. The van der Waals surface area contributed by atoms with Crippen molar-refractivity contribution in [3.05, 3.63) is 30.3 Å². The first-order valence-corrected chi connectivity index (χ1v) is 9.51. The number of morpholine rings is 1. The van der Waals surface area contributed by atoms with Crippen molar-refractivity contribution in [3.63, 3.8) is 0 Å². The molecule has 0 unspecified atom stereocenters. The van der Waals surface area contributed by atoms with Gasteiger partial charge in [-0.25, -0.2) is 8.42 Å². The van der Waals surface area contributed by atoms with Crippen molar-refractivity contribution in [2.24, 2.45) is 11.8 Å². The second-order valence-electron chi connectivity index (χ2n) is 6.25. The minimum absolute atomic E-state index is 0.00340. The van der Waals surface area contributed by atoms with Crippen LogP contribution < -0.4 is 0 Å². The molecule has 1 aromatic rings. The second kappa shape index (κ2) is 7.27. The normalized spacial score (nSPS) is 27.3. The Morgan fingerprint density at radius 3 is 2.39 bits per heavy atom. The molecule has 0 aromatic heterocycles. The maximum atomic E-state index is 12.7. The largest absolute Gasteiger partial charge is 0.396 e. The minimum atomic E-state index is -3.48. The van der Waals surface area contributed by atoms with E-state index in [1.165, 1.54) is 4.31 Å². The van der Waals surface area contributed by atoms with Crippen molar-refractivity contribution in [2.75, 3.05) is 52.5 Å². The van der Waals surface area contributed by atoms with E-state index in [9.17, 15) is 13.5 Å². The van der Waals surface area contributed by atoms with Crippen molar-refractivity contribution >= 4 is 10.0 Å². The van der Waals surface area contributed by atoms with Gasteiger partial charge >= 0.3 is 0 Å². The minimum Gasteiger partial charge on any atom is -0.396 e. The van der Waals surface area contributed by atoms with E-state index in [0.29, 0.717) is 18.0 Å². The van der Waals surface area contributed by atoms with E-state index in [1.54, 1.807) is 30.3 Å². The first kappa shape index (κ1) is 16.9. The van der Waals surface area contributed by atoms with Crippen molar-refractivity contribution in [2.45, 2.75) is 4.90 Å². The summed E-state index contributed by atoms with van der Waals surface area (Å²) in [6, 6.07) is 8.52. The van der Waals surface area contributed by atoms with E-state index >= 15 is 0 Å². The highest BCUT2D eigenvalue weighted by molar-refractivity contribution is 7.89. The molecule has 0 spiro atoms. The molecular weight excluding hydrogens is 316 g/mol. The van der Waals surface area contributed by atoms with Crippen LogP contribution in [0.15, 0.2) is 35.2 Å². The van der Waals surface area contributed by atoms with Gasteiger partial charge < -0.3 is 9.84 Å². The predicted molar refractivity (Wildman–Crippen MR) is 86.5 cm³/mol. The average molecular weight is 340 g/mol. The fraction of sp³-hybridized carbons (Fsp3) is 0.625. The van der Waals surface area contributed by atoms with Gasteiger partial charge in [0.25, 0.3) is 0 Å². The second-order valence-corrected chi connectivity index (χ2v) is 8.19. The van der Waals surface area contributed by atoms with Crippen molar-refractivity contribution in [1.29, 1.82) is 0 Å². The fourth-order valence-corrected chi connectivity index (χ4v) is 4.94. The number of nitrogens with zero attached hydrogens (tertiary/aromatic N) is 2. The molecule has 0 radical (unpaired) electrons. The van der Waals surface area contributed by atoms with Crippen molar-refractivity contribution in [1.82, 2.24) is 9.21 Å². The Balaban J connectivity index is 1.70. The molecule has 23 heavy (non-hydrogen) atoms. The van der Waals surface area contributed by atoms with Gasteiger partial charge in [0, 0.05) is 45.2 Å². The number of aliphatic hydroxyl groups excluding tert-OH is 1. The van der Waals surface area contributed by atoms with Crippen LogP contribution in [0.5, 0.6) is 0 Å². The zero-order chi connectivity index (χ0) is 16.3. The Hall–Kier alpha value is -0.990. The summed E-state index contributed by atoms with van der Waals surface area (Å²) in [4.78, 5) is 2.62. The Kier molecular flexibility index (Phi) is 5.33. The average Bonchev–Trinajstić information content (AvgIpc) is 3.00. The highest BCUT2D eigenvalue weighted by Gasteiger charge is 2.39. The van der Waals surface area contributed by atoms with Gasteiger partial charge in [0.1, 0.15) is 0 Å². The molecular formula is C16H24N2O4S. The predicted octanol–water partition coefficient (Wildman–Crippen LogP) is 0.248. The van der Waals surface area contributed by atoms with Crippen LogP contribution in [0.25, 0.3) is 0 Å². The first-order chi connectivity index (χ1) is 11.1. The lowest BCUT2D eigenvalue weighted by Crippen LogP contribution is -2.41. The molecule has 6 nitrogen and oxygen atoms in total. The van der Waals surface area contributed by atoms with Gasteiger partial charge in [-0.3, -0.25) is 4.90 Å². The number of benzene rings is 1. The van der Waals surface area contributed by atoms with Gasteiger partial charge in [-0.1, -0.05) is 18.2 Å². The smallest absolute Gasteiger partial charge is 0.243 e. The lowest BCUT2D eigenvalue weighted by Gasteiger charge is -2.30. The summed E-state index contributed by atoms with van der Waals surface area (Å²) in [6.45, 7) is 4.90. The summed E-state index contributed by atoms with van der Waals surface area (Å²) >= 11 is 0. The summed E-state index contributed by atoms with van der Waals surface area (Å²) in [6.07, 6.45) is 0. The summed E-state index contributed by atoms with van der Waals surface area (Å²) in [5.74, 6) is 0.160. The van der Waals surface area contributed by atoms with E-state index < -0.39 is 10.0 Å². The van der Waals surface area contributed by atoms with Crippen LogP contribution in [0, 0.1) is 11.8 Å². The van der Waals surface area contributed by atoms with Crippen LogP contribution in [0.2, 0.25) is 0 Å². The third kappa shape index (κ3) is 3.75. The van der Waals surface area contributed by atoms with E-state index in [-0.39, 0.29) is 18.4 Å². The highest BCUT2D eigenvalue weighted by atomic mass is 32.2. The molecule has 0 saturated carbocycles. The Labute approximate surface area is 137 Å². The molecule has 3 rings (SSSR count). The molecule has 0 bridgehead atoms. The van der Waals surface area contributed by atoms with E-state index in [2.05, 4.69) is 4.90 Å². The molecule has 0 aliphatic carbocycles. The standard InChI is InChI=1S/C16H24N2O4S/c19-13-15-12-18(23(20,21)16-4-2-1-3-5-16)11-14(15)10-17-6-8-22-9-7-17/h1-5,14-15,19H,6-13H2/t14-,15-/m1/s1. The maximum Gasteiger partial charge on any atom is 0.243 e. The number of rotatable bonds is 5. The third-order valence-corrected chi connectivity index (χ3v) is 6.60. The third-order valence-electron chi connectivity index (χ3n) is 4.75. The van der Waals surface area contributed by atoms with E-state index in [4.69, 9.17) is 4.74 Å². The molecule has 7 heteroatoms. The molecule has 1 aromatic carbocycles. The van der Waals surface area contributed by atoms with Crippen LogP contribution in [-0.4, -0.2) is 75.3 Å². The molecule has 1 N–H and O–H groups in total. The summed E-state index contributed by atoms with van der Waals surface area (Å²) in [5.41, 5.74) is 0. The summed E-state index contributed by atoms with van der Waals surface area (Å²) in [5, 5.41) is 9.66. The molecule has 2 atom stereocenters. The van der Waals surface area contributed by atoms with Gasteiger partial charge in [0.05, 0.1) is 18.1 Å². The number of sulfonamides is 1. The SMILES string of the molecule is O=S(=O)(c1ccccc1)N1C[C@@H](CN2CCOCC2)[C@@H](CO)C1. The molecule has 128 valence electrons. The molecule has 2 aliphatic rings. The van der Waals surface area contributed by atoms with Crippen LogP contribution >= 0.6 is 0 Å². The van der Waals surface area contributed by atoms with Gasteiger partial charge in [-0.05, 0) is 18.1 Å². The van der Waals surface area contributed by atoms with Crippen LogP contribution in [0.1, 0.15) is 0 Å². The molecule has 2 fully saturated rings. The van der Waals surface area contributed by atoms with Crippen LogP contribution in [0.3, 0.4) is 0 Å². The van der Waals surface area contributed by atoms with E-state index in [0.717, 1.165) is 32.8 Å². The van der Waals surface area contributed by atoms with Crippen LogP contribution in [-0.2, 0) is 14.8 Å². The monoisotopic (exact) mass is 340 g/mol. The number of ether oxygens (including phenoxy) is 1. The number of hydrogen-bond acceptors (Lipinski definition) is 5. The first-order valence-electron chi connectivity index (χ1n) is 8.07. The Morgan fingerprint density at radius 2 is 1.74 bits per heavy atom. The lowest BCUT2D eigenvalue weighted by atomic mass is 9.96.